The minimum absolute atomic E-state index is 0.574. The van der Waals surface area contributed by atoms with Crippen LogP contribution in [0.1, 0.15) is 37.2 Å². The highest BCUT2D eigenvalue weighted by Crippen LogP contribution is 2.36. The van der Waals surface area contributed by atoms with Crippen LogP contribution in [-0.4, -0.2) is 7.11 Å². The predicted octanol–water partition coefficient (Wildman–Crippen LogP) is 3.91. The Bertz CT molecular complexity index is 337. The van der Waals surface area contributed by atoms with Gasteiger partial charge in [0.2, 0.25) is 0 Å². The Labute approximate surface area is 91.8 Å². The molecule has 0 saturated heterocycles. The van der Waals surface area contributed by atoms with Crippen LogP contribution in [-0.2, 0) is 0 Å². The molecule has 0 N–H and O–H groups in total. The first-order valence-electron chi connectivity index (χ1n) is 5.63. The summed E-state index contributed by atoms with van der Waals surface area (Å²) in [5.74, 6) is 1.50. The molecule has 0 spiro atoms. The Morgan fingerprint density at radius 1 is 1.20 bits per heavy atom. The highest BCUT2D eigenvalue weighted by atomic mass is 16.5. The fraction of sp³-hybridized carbons (Fsp3) is 0.429. The van der Waals surface area contributed by atoms with E-state index in [2.05, 4.69) is 18.7 Å². The van der Waals surface area contributed by atoms with Crippen molar-refractivity contribution in [2.24, 2.45) is 0 Å². The number of hydrogen-bond acceptors (Lipinski definition) is 1. The van der Waals surface area contributed by atoms with E-state index in [0.29, 0.717) is 5.92 Å². The van der Waals surface area contributed by atoms with E-state index in [1.165, 1.54) is 36.8 Å². The Morgan fingerprint density at radius 2 is 1.93 bits per heavy atom. The molecule has 1 aromatic rings. The van der Waals surface area contributed by atoms with Crippen molar-refractivity contribution in [1.29, 1.82) is 0 Å². The highest BCUT2D eigenvalue weighted by Gasteiger charge is 2.18. The highest BCUT2D eigenvalue weighted by molar-refractivity contribution is 5.33. The lowest BCUT2D eigenvalue weighted by Crippen LogP contribution is -2.07. The van der Waals surface area contributed by atoms with Crippen LogP contribution in [0.4, 0.5) is 0 Å². The molecule has 0 amide bonds. The van der Waals surface area contributed by atoms with Crippen LogP contribution < -0.4 is 4.74 Å². The van der Waals surface area contributed by atoms with E-state index in [0.717, 1.165) is 5.75 Å². The summed E-state index contributed by atoms with van der Waals surface area (Å²) in [6, 6.07) is 8.41. The summed E-state index contributed by atoms with van der Waals surface area (Å²) < 4.78 is 5.16. The molecule has 1 heteroatoms. The Balaban J connectivity index is 2.17. The molecule has 15 heavy (non-hydrogen) atoms. The molecule has 1 aromatic carbocycles. The number of allylic oxidation sites excluding steroid dienone is 1. The van der Waals surface area contributed by atoms with Crippen molar-refractivity contribution in [1.82, 2.24) is 0 Å². The molecule has 1 atom stereocenters. The van der Waals surface area contributed by atoms with Gasteiger partial charge in [-0.2, -0.15) is 0 Å². The van der Waals surface area contributed by atoms with Gasteiger partial charge in [0.05, 0.1) is 7.11 Å². The number of methoxy groups -OCH3 is 1. The SMILES string of the molecule is C=C1CCCCC1c1ccc(OC)cc1. The molecular formula is C14H18O. The molecule has 0 bridgehead atoms. The predicted molar refractivity (Wildman–Crippen MR) is 63.3 cm³/mol. The minimum atomic E-state index is 0.574. The first kappa shape index (κ1) is 10.3. The van der Waals surface area contributed by atoms with E-state index in [1.807, 2.05) is 12.1 Å². The Hall–Kier alpha value is -1.24. The maximum atomic E-state index is 5.16. The van der Waals surface area contributed by atoms with Crippen LogP contribution in [0.2, 0.25) is 0 Å². The molecule has 1 unspecified atom stereocenters. The van der Waals surface area contributed by atoms with E-state index < -0.39 is 0 Å². The molecule has 1 nitrogen and oxygen atoms in total. The number of rotatable bonds is 2. The number of ether oxygens (including phenoxy) is 1. The lowest BCUT2D eigenvalue weighted by atomic mass is 9.81. The fourth-order valence-corrected chi connectivity index (χ4v) is 2.32. The van der Waals surface area contributed by atoms with E-state index in [-0.39, 0.29) is 0 Å². The zero-order valence-electron chi connectivity index (χ0n) is 9.33. The van der Waals surface area contributed by atoms with E-state index >= 15 is 0 Å². The lowest BCUT2D eigenvalue weighted by molar-refractivity contribution is 0.414. The van der Waals surface area contributed by atoms with Crippen molar-refractivity contribution >= 4 is 0 Å². The van der Waals surface area contributed by atoms with Gasteiger partial charge in [-0.25, -0.2) is 0 Å². The molecule has 1 fully saturated rings. The summed E-state index contributed by atoms with van der Waals surface area (Å²) in [6.07, 6.45) is 5.09. The smallest absolute Gasteiger partial charge is 0.118 e. The second kappa shape index (κ2) is 4.52. The van der Waals surface area contributed by atoms with Crippen molar-refractivity contribution < 1.29 is 4.74 Å². The summed E-state index contributed by atoms with van der Waals surface area (Å²) in [6.45, 7) is 4.18. The van der Waals surface area contributed by atoms with E-state index in [9.17, 15) is 0 Å². The fourth-order valence-electron chi connectivity index (χ4n) is 2.32. The van der Waals surface area contributed by atoms with Gasteiger partial charge in [0.1, 0.15) is 5.75 Å². The van der Waals surface area contributed by atoms with Crippen LogP contribution in [0.5, 0.6) is 5.75 Å². The summed E-state index contributed by atoms with van der Waals surface area (Å²) >= 11 is 0. The van der Waals surface area contributed by atoms with Gasteiger partial charge in [-0.05, 0) is 37.0 Å². The second-order valence-corrected chi connectivity index (χ2v) is 4.23. The average Bonchev–Trinajstić information content (AvgIpc) is 2.30. The van der Waals surface area contributed by atoms with Gasteiger partial charge in [-0.3, -0.25) is 0 Å². The normalized spacial score (nSPS) is 21.4. The van der Waals surface area contributed by atoms with Crippen molar-refractivity contribution in [2.75, 3.05) is 7.11 Å². The standard InChI is InChI=1S/C14H18O/c1-11-5-3-4-6-14(11)12-7-9-13(15-2)10-8-12/h7-10,14H,1,3-6H2,2H3. The Morgan fingerprint density at radius 3 is 2.53 bits per heavy atom. The first-order chi connectivity index (χ1) is 7.31. The Kier molecular flexibility index (Phi) is 3.10. The lowest BCUT2D eigenvalue weighted by Gasteiger charge is -2.24. The second-order valence-electron chi connectivity index (χ2n) is 4.23. The molecule has 0 aliphatic heterocycles. The van der Waals surface area contributed by atoms with Gasteiger partial charge in [0.15, 0.2) is 0 Å². The van der Waals surface area contributed by atoms with E-state index in [4.69, 9.17) is 4.74 Å². The zero-order valence-corrected chi connectivity index (χ0v) is 9.33. The maximum absolute atomic E-state index is 5.16. The van der Waals surface area contributed by atoms with Crippen LogP contribution >= 0.6 is 0 Å². The molecule has 0 aromatic heterocycles. The summed E-state index contributed by atoms with van der Waals surface area (Å²) in [5.41, 5.74) is 2.78. The molecule has 0 heterocycles. The molecule has 0 radical (unpaired) electrons. The van der Waals surface area contributed by atoms with Crippen molar-refractivity contribution in [3.05, 3.63) is 42.0 Å². The van der Waals surface area contributed by atoms with Crippen LogP contribution in [0.25, 0.3) is 0 Å². The van der Waals surface area contributed by atoms with Gasteiger partial charge in [0.25, 0.3) is 0 Å². The first-order valence-corrected chi connectivity index (χ1v) is 5.63. The molecule has 2 rings (SSSR count). The molecule has 1 aliphatic carbocycles. The third-order valence-electron chi connectivity index (χ3n) is 3.25. The maximum Gasteiger partial charge on any atom is 0.118 e. The summed E-state index contributed by atoms with van der Waals surface area (Å²) in [7, 11) is 1.70. The third-order valence-corrected chi connectivity index (χ3v) is 3.25. The van der Waals surface area contributed by atoms with Crippen LogP contribution in [0.3, 0.4) is 0 Å². The minimum Gasteiger partial charge on any atom is -0.497 e. The zero-order chi connectivity index (χ0) is 10.7. The van der Waals surface area contributed by atoms with Gasteiger partial charge < -0.3 is 4.74 Å². The molecule has 1 aliphatic rings. The van der Waals surface area contributed by atoms with Gasteiger partial charge in [-0.1, -0.05) is 30.7 Å². The van der Waals surface area contributed by atoms with Crippen molar-refractivity contribution in [3.63, 3.8) is 0 Å². The van der Waals surface area contributed by atoms with Gasteiger partial charge in [-0.15, -0.1) is 0 Å². The molecule has 80 valence electrons. The van der Waals surface area contributed by atoms with Crippen LogP contribution in [0, 0.1) is 0 Å². The summed E-state index contributed by atoms with van der Waals surface area (Å²) in [5, 5.41) is 0. The summed E-state index contributed by atoms with van der Waals surface area (Å²) in [4.78, 5) is 0. The van der Waals surface area contributed by atoms with Crippen LogP contribution in [0.15, 0.2) is 36.4 Å². The van der Waals surface area contributed by atoms with Crippen molar-refractivity contribution in [2.45, 2.75) is 31.6 Å². The van der Waals surface area contributed by atoms with Gasteiger partial charge in [0, 0.05) is 5.92 Å². The number of hydrogen-bond donors (Lipinski definition) is 0. The topological polar surface area (TPSA) is 9.23 Å². The monoisotopic (exact) mass is 202 g/mol. The number of benzene rings is 1. The molecule has 1 saturated carbocycles. The molecular weight excluding hydrogens is 184 g/mol. The third kappa shape index (κ3) is 2.23. The van der Waals surface area contributed by atoms with E-state index in [1.54, 1.807) is 7.11 Å². The average molecular weight is 202 g/mol. The van der Waals surface area contributed by atoms with Gasteiger partial charge >= 0.3 is 0 Å². The largest absolute Gasteiger partial charge is 0.497 e. The quantitative estimate of drug-likeness (QED) is 0.661. The van der Waals surface area contributed by atoms with Crippen molar-refractivity contribution in [3.8, 4) is 5.75 Å².